The lowest BCUT2D eigenvalue weighted by Crippen LogP contribution is -2.50. The Balaban J connectivity index is 1.36. The van der Waals surface area contributed by atoms with E-state index >= 15 is 0 Å². The van der Waals surface area contributed by atoms with E-state index in [1.165, 1.54) is 6.07 Å². The molecule has 2 N–H and O–H groups in total. The summed E-state index contributed by atoms with van der Waals surface area (Å²) in [5.74, 6) is 1.38. The second-order valence-electron chi connectivity index (χ2n) is 9.72. The van der Waals surface area contributed by atoms with Crippen LogP contribution in [0.5, 0.6) is 0 Å². The minimum atomic E-state index is -0.455. The maximum Gasteiger partial charge on any atom is 0.242 e. The van der Waals surface area contributed by atoms with Crippen molar-refractivity contribution in [1.82, 2.24) is 15.5 Å². The second-order valence-corrected chi connectivity index (χ2v) is 10.7. The van der Waals surface area contributed by atoms with Gasteiger partial charge in [0.2, 0.25) is 11.8 Å². The van der Waals surface area contributed by atoms with E-state index in [9.17, 15) is 14.0 Å². The van der Waals surface area contributed by atoms with Gasteiger partial charge in [0.25, 0.3) is 0 Å². The summed E-state index contributed by atoms with van der Waals surface area (Å²) in [7, 11) is 0. The van der Waals surface area contributed by atoms with Crippen LogP contribution in [0.15, 0.2) is 24.3 Å². The van der Waals surface area contributed by atoms with Crippen LogP contribution in [0.3, 0.4) is 0 Å². The van der Waals surface area contributed by atoms with Crippen LogP contribution >= 0.6 is 11.8 Å². The molecule has 2 aliphatic rings. The Morgan fingerprint density at radius 2 is 1.82 bits per heavy atom. The average molecular weight is 493 g/mol. The van der Waals surface area contributed by atoms with Gasteiger partial charge in [0, 0.05) is 38.6 Å². The summed E-state index contributed by atoms with van der Waals surface area (Å²) in [5.41, 5.74) is 0.676. The SMILES string of the molecule is CSCCC(NC(=O)C1CCC(C)CC1)C(=O)NCCCN1CCN(c2ccccc2F)CC1. The summed E-state index contributed by atoms with van der Waals surface area (Å²) in [4.78, 5) is 30.0. The molecule has 34 heavy (non-hydrogen) atoms. The minimum absolute atomic E-state index is 0.0425. The van der Waals surface area contributed by atoms with Gasteiger partial charge in [-0.05, 0) is 75.1 Å². The van der Waals surface area contributed by atoms with Crippen LogP contribution in [0.2, 0.25) is 0 Å². The monoisotopic (exact) mass is 492 g/mol. The van der Waals surface area contributed by atoms with Crippen LogP contribution in [0.25, 0.3) is 0 Å². The molecule has 0 bridgehead atoms. The molecule has 1 aromatic rings. The van der Waals surface area contributed by atoms with Gasteiger partial charge in [-0.2, -0.15) is 11.8 Å². The molecule has 0 spiro atoms. The molecule has 1 heterocycles. The van der Waals surface area contributed by atoms with E-state index in [1.807, 2.05) is 18.4 Å². The number of rotatable bonds is 11. The molecule has 1 aliphatic carbocycles. The summed E-state index contributed by atoms with van der Waals surface area (Å²) < 4.78 is 14.0. The van der Waals surface area contributed by atoms with Crippen molar-refractivity contribution in [2.45, 2.75) is 51.5 Å². The smallest absolute Gasteiger partial charge is 0.242 e. The molecule has 1 aliphatic heterocycles. The van der Waals surface area contributed by atoms with E-state index < -0.39 is 6.04 Å². The summed E-state index contributed by atoms with van der Waals surface area (Å²) in [6, 6.07) is 6.48. The Kier molecular flexibility index (Phi) is 11.0. The molecule has 3 rings (SSSR count). The predicted molar refractivity (Wildman–Crippen MR) is 139 cm³/mol. The Morgan fingerprint density at radius 3 is 2.50 bits per heavy atom. The van der Waals surface area contributed by atoms with Crippen LogP contribution in [0.1, 0.15) is 45.4 Å². The van der Waals surface area contributed by atoms with Gasteiger partial charge >= 0.3 is 0 Å². The van der Waals surface area contributed by atoms with E-state index in [0.29, 0.717) is 24.6 Å². The number of carbonyl (C=O) groups is 2. The third-order valence-electron chi connectivity index (χ3n) is 7.15. The van der Waals surface area contributed by atoms with E-state index in [2.05, 4.69) is 27.4 Å². The number of piperazine rings is 1. The third-order valence-corrected chi connectivity index (χ3v) is 7.79. The molecule has 2 fully saturated rings. The van der Waals surface area contributed by atoms with Crippen molar-refractivity contribution in [1.29, 1.82) is 0 Å². The number of thioether (sulfide) groups is 1. The summed E-state index contributed by atoms with van der Waals surface area (Å²) >= 11 is 1.69. The Hall–Kier alpha value is -1.80. The average Bonchev–Trinajstić information content (AvgIpc) is 2.85. The Bertz CT molecular complexity index is 780. The molecule has 2 amide bonds. The molecule has 0 aromatic heterocycles. The maximum absolute atomic E-state index is 14.0. The van der Waals surface area contributed by atoms with Gasteiger partial charge < -0.3 is 15.5 Å². The summed E-state index contributed by atoms with van der Waals surface area (Å²) in [6.45, 7) is 7.10. The number of nitrogens with zero attached hydrogens (tertiary/aromatic N) is 2. The molecule has 1 aromatic carbocycles. The van der Waals surface area contributed by atoms with Gasteiger partial charge in [0.1, 0.15) is 11.9 Å². The Labute approximate surface area is 208 Å². The quantitative estimate of drug-likeness (QED) is 0.463. The highest BCUT2D eigenvalue weighted by Crippen LogP contribution is 2.28. The van der Waals surface area contributed by atoms with Crippen molar-refractivity contribution < 1.29 is 14.0 Å². The number of nitrogens with one attached hydrogen (secondary N) is 2. The van der Waals surface area contributed by atoms with Crippen LogP contribution in [0.4, 0.5) is 10.1 Å². The highest BCUT2D eigenvalue weighted by molar-refractivity contribution is 7.98. The van der Waals surface area contributed by atoms with Gasteiger partial charge in [-0.1, -0.05) is 19.1 Å². The zero-order valence-corrected chi connectivity index (χ0v) is 21.5. The van der Waals surface area contributed by atoms with Gasteiger partial charge in [-0.15, -0.1) is 0 Å². The molecule has 1 atom stereocenters. The van der Waals surface area contributed by atoms with Gasteiger partial charge in [-0.3, -0.25) is 14.5 Å². The number of amides is 2. The Morgan fingerprint density at radius 1 is 1.12 bits per heavy atom. The molecule has 1 saturated carbocycles. The number of carbonyl (C=O) groups excluding carboxylic acids is 2. The molecule has 1 unspecified atom stereocenters. The van der Waals surface area contributed by atoms with Gasteiger partial charge in [0.15, 0.2) is 0 Å². The fraction of sp³-hybridized carbons (Fsp3) is 0.692. The minimum Gasteiger partial charge on any atom is -0.367 e. The second kappa shape index (κ2) is 13.9. The first-order chi connectivity index (χ1) is 16.5. The van der Waals surface area contributed by atoms with Crippen LogP contribution in [0, 0.1) is 17.7 Å². The largest absolute Gasteiger partial charge is 0.367 e. The molecule has 0 radical (unpaired) electrons. The molecular formula is C26H41FN4O2S. The standard InChI is InChI=1S/C26H41FN4O2S/c1-20-8-10-21(11-9-20)25(32)29-23(12-19-34-2)26(33)28-13-5-14-30-15-17-31(18-16-30)24-7-4-3-6-22(24)27/h3-4,6-7,20-21,23H,5,8-19H2,1-2H3,(H,28,33)(H,29,32). The van der Waals surface area contributed by atoms with Gasteiger partial charge in [-0.25, -0.2) is 4.39 Å². The topological polar surface area (TPSA) is 64.7 Å². The zero-order valence-electron chi connectivity index (χ0n) is 20.7. The van der Waals surface area contributed by atoms with Crippen LogP contribution in [-0.2, 0) is 9.59 Å². The molecule has 8 heteroatoms. The first kappa shape index (κ1) is 26.8. The number of hydrogen-bond donors (Lipinski definition) is 2. The number of anilines is 1. The van der Waals surface area contributed by atoms with Crippen molar-refractivity contribution in [2.24, 2.45) is 11.8 Å². The van der Waals surface area contributed by atoms with Crippen molar-refractivity contribution >= 4 is 29.3 Å². The van der Waals surface area contributed by atoms with Crippen LogP contribution < -0.4 is 15.5 Å². The molecular weight excluding hydrogens is 451 g/mol. The fourth-order valence-electron chi connectivity index (χ4n) is 4.87. The van der Waals surface area contributed by atoms with Crippen molar-refractivity contribution in [2.75, 3.05) is 56.2 Å². The van der Waals surface area contributed by atoms with Crippen molar-refractivity contribution in [3.8, 4) is 0 Å². The number of para-hydroxylation sites is 1. The molecule has 6 nitrogen and oxygen atoms in total. The summed E-state index contributed by atoms with van der Waals surface area (Å²) in [6.07, 6.45) is 7.56. The van der Waals surface area contributed by atoms with Crippen LogP contribution in [-0.4, -0.2) is 74.0 Å². The highest BCUT2D eigenvalue weighted by atomic mass is 32.2. The predicted octanol–water partition coefficient (Wildman–Crippen LogP) is 3.52. The number of benzene rings is 1. The molecule has 190 valence electrons. The van der Waals surface area contributed by atoms with E-state index in [1.54, 1.807) is 17.8 Å². The first-order valence-corrected chi connectivity index (χ1v) is 14.2. The number of halogens is 1. The summed E-state index contributed by atoms with van der Waals surface area (Å²) in [5, 5.41) is 6.08. The lowest BCUT2D eigenvalue weighted by molar-refractivity contribution is -0.132. The first-order valence-electron chi connectivity index (χ1n) is 12.8. The highest BCUT2D eigenvalue weighted by Gasteiger charge is 2.28. The van der Waals surface area contributed by atoms with E-state index in [4.69, 9.17) is 0 Å². The number of hydrogen-bond acceptors (Lipinski definition) is 5. The third kappa shape index (κ3) is 8.15. The normalized spacial score (nSPS) is 22.3. The van der Waals surface area contributed by atoms with E-state index in [-0.39, 0.29) is 23.5 Å². The lowest BCUT2D eigenvalue weighted by atomic mass is 9.82. The van der Waals surface area contributed by atoms with E-state index in [0.717, 1.165) is 70.6 Å². The van der Waals surface area contributed by atoms with Crippen molar-refractivity contribution in [3.63, 3.8) is 0 Å². The zero-order chi connectivity index (χ0) is 24.3. The fourth-order valence-corrected chi connectivity index (χ4v) is 5.35. The van der Waals surface area contributed by atoms with Gasteiger partial charge in [0.05, 0.1) is 5.69 Å². The lowest BCUT2D eigenvalue weighted by Gasteiger charge is -2.36. The maximum atomic E-state index is 14.0. The van der Waals surface area contributed by atoms with Crippen molar-refractivity contribution in [3.05, 3.63) is 30.1 Å². The molecule has 1 saturated heterocycles.